The Labute approximate surface area is 604 Å². The van der Waals surface area contributed by atoms with Crippen molar-refractivity contribution in [3.63, 3.8) is 0 Å². The molecule has 6 aromatic rings. The average Bonchev–Trinajstić information content (AvgIpc) is 1.60. The number of para-hydroxylation sites is 1. The Bertz CT molecular complexity index is 3680. The van der Waals surface area contributed by atoms with Crippen molar-refractivity contribution in [2.75, 3.05) is 117 Å². The number of likely N-dealkylation sites (tertiary alicyclic amines) is 2. The zero-order chi connectivity index (χ0) is 69.8. The summed E-state index contributed by atoms with van der Waals surface area (Å²) in [5.41, 5.74) is 1.50. The second-order valence-electron chi connectivity index (χ2n) is 26.5. The predicted molar refractivity (Wildman–Crippen MR) is 382 cm³/mol. The number of amides is 5. The number of hydrogen-bond donors (Lipinski definition) is 2. The zero-order valence-electron chi connectivity index (χ0n) is 57.0. The molecule has 0 bridgehead atoms. The Morgan fingerprint density at radius 1 is 0.653 bits per heavy atom. The van der Waals surface area contributed by atoms with E-state index in [9.17, 15) is 59.8 Å². The molecule has 101 heavy (non-hydrogen) atoms. The van der Waals surface area contributed by atoms with Crippen LogP contribution < -0.4 is 10.2 Å². The molecule has 0 radical (unpaired) electrons. The molecule has 6 aromatic carbocycles. The lowest BCUT2D eigenvalue weighted by Gasteiger charge is -2.44. The molecule has 0 saturated carbocycles. The van der Waals surface area contributed by atoms with Crippen molar-refractivity contribution in [2.45, 2.75) is 113 Å². The van der Waals surface area contributed by atoms with Gasteiger partial charge < -0.3 is 49.3 Å². The summed E-state index contributed by atoms with van der Waals surface area (Å²) in [6.07, 6.45) is -4.12. The van der Waals surface area contributed by atoms with E-state index in [2.05, 4.69) is 27.2 Å². The fourth-order valence-corrected chi connectivity index (χ4v) is 14.2. The highest BCUT2D eigenvalue weighted by Crippen LogP contribution is 2.49. The molecule has 3 heterocycles. The van der Waals surface area contributed by atoms with Crippen molar-refractivity contribution >= 4 is 78.3 Å². The summed E-state index contributed by atoms with van der Waals surface area (Å²) in [5, 5.41) is 13.8. The van der Waals surface area contributed by atoms with Crippen LogP contribution >= 0.6 is 37.2 Å². The van der Waals surface area contributed by atoms with Crippen LogP contribution in [0.5, 0.6) is 0 Å². The lowest BCUT2D eigenvalue weighted by Crippen LogP contribution is -2.50. The molecule has 3 saturated heterocycles. The number of ether oxygens (including phenoxy) is 2. The first-order chi connectivity index (χ1) is 46.9. The number of nitrogens with zero attached hydrogens (tertiary/aromatic N) is 7. The zero-order valence-corrected chi connectivity index (χ0v) is 59.4. The molecule has 5 amide bonds. The van der Waals surface area contributed by atoms with Gasteiger partial charge in [0.1, 0.15) is 24.8 Å². The van der Waals surface area contributed by atoms with Gasteiger partial charge >= 0.3 is 18.4 Å². The van der Waals surface area contributed by atoms with E-state index in [0.717, 1.165) is 83.8 Å². The van der Waals surface area contributed by atoms with Gasteiger partial charge in [-0.15, -0.1) is 37.2 Å². The largest absolute Gasteiger partial charge is 0.465 e. The second-order valence-corrected chi connectivity index (χ2v) is 26.5. The van der Waals surface area contributed by atoms with E-state index in [1.54, 1.807) is 28.8 Å². The van der Waals surface area contributed by atoms with Gasteiger partial charge in [0.15, 0.2) is 0 Å². The smallest absolute Gasteiger partial charge is 0.416 e. The quantitative estimate of drug-likeness (QED) is 0.0373. The highest BCUT2D eigenvalue weighted by atomic mass is 35.5. The van der Waals surface area contributed by atoms with Gasteiger partial charge in [-0.3, -0.25) is 24.1 Å². The van der Waals surface area contributed by atoms with Gasteiger partial charge in [0.25, 0.3) is 5.91 Å². The Balaban J connectivity index is 0.00000477. The third kappa shape index (κ3) is 20.4. The van der Waals surface area contributed by atoms with Crippen molar-refractivity contribution in [3.8, 4) is 11.1 Å². The first-order valence-corrected chi connectivity index (χ1v) is 33.7. The number of hydrogen-bond acceptors (Lipinski definition) is 10. The lowest BCUT2D eigenvalue weighted by molar-refractivity contribution is -0.143. The number of halogens is 10. The van der Waals surface area contributed by atoms with E-state index in [1.807, 2.05) is 98.0 Å². The number of benzene rings is 6. The number of carbonyl (C=O) groups excluding carboxylic acids is 4. The van der Waals surface area contributed by atoms with Gasteiger partial charge in [-0.1, -0.05) is 103 Å². The molecule has 548 valence electrons. The Morgan fingerprint density at radius 3 is 1.91 bits per heavy atom. The topological polar surface area (TPSA) is 159 Å². The number of anilines is 2. The minimum Gasteiger partial charge on any atom is -0.465 e. The van der Waals surface area contributed by atoms with Gasteiger partial charge in [-0.05, 0) is 147 Å². The maximum atomic E-state index is 14.2. The minimum atomic E-state index is -5.15. The monoisotopic (exact) mass is 1470 g/mol. The first-order valence-electron chi connectivity index (χ1n) is 33.7. The first kappa shape index (κ1) is 80.8. The number of likely N-dealkylation sites (N-methyl/N-ethyl adjacent to an activating group) is 3. The summed E-state index contributed by atoms with van der Waals surface area (Å²) in [5.74, 6) is -1.73. The van der Waals surface area contributed by atoms with Crippen molar-refractivity contribution in [2.24, 2.45) is 0 Å². The fourth-order valence-electron chi connectivity index (χ4n) is 14.2. The van der Waals surface area contributed by atoms with Gasteiger partial charge in [0, 0.05) is 108 Å². The van der Waals surface area contributed by atoms with Crippen LogP contribution in [0.2, 0.25) is 0 Å². The van der Waals surface area contributed by atoms with E-state index in [0.29, 0.717) is 108 Å². The second kappa shape index (κ2) is 36.1. The fraction of sp³-hybridized carbons (Fsp3) is 0.453. The number of fused-ring (bicyclic) bond motifs is 2. The number of unbranched alkanes of at least 4 members (excludes halogenated alkanes) is 2. The van der Waals surface area contributed by atoms with E-state index in [-0.39, 0.29) is 99.1 Å². The Kier molecular flexibility index (Phi) is 28.9. The van der Waals surface area contributed by atoms with Crippen molar-refractivity contribution in [1.82, 2.24) is 29.4 Å². The standard InChI is InChI=1S/C75H87F7N8O8.3ClH/c1-84(68(92)45-53-22-28-61(29-23-53)83-35-13-5-8-21-67(91)86(3)43-44-87-38-30-62(31-39-87)90(71(95)96)65-20-12-10-18-63(65)54-15-6-4-7-16-54)36-14-37-85(2)69(93)50-97-66-48-55-17-9-11-19-64(55)72(66)32-40-88(41-33-72)42-34-73(57-24-26-60(76)27-25-57)51-89(52-98-73)70(94)56-46-58(74(77,78)79)49-59(47-56)75(80,81)82;;;/h4,6-7,9-12,15-20,22-29,46-47,49,62,66,83H,5,8,13-14,21,30-45,48,50-52H2,1-3H3,(H,95,96);3*1H/t66-,73+;;;/m0.../s1. The molecule has 10 rings (SSSR count). The van der Waals surface area contributed by atoms with Gasteiger partial charge in [0.05, 0.1) is 35.9 Å². The SMILES string of the molecule is CN(CCN1CCC(N(C(=O)O)c2ccccc2-c2ccccc2)CC1)C(=O)CCCCCNc1ccc(CC(=O)N(C)CCCN(C)C(=O)CO[C@H]2Cc3ccccc3C23CCN(CC[C@]2(c4ccc(F)cc4)CN(C(=O)c4cc(C(F)(F)F)cc(C(F)(F)F)c4)CO2)CC3)cc1.Cl.Cl.Cl. The maximum Gasteiger partial charge on any atom is 0.416 e. The molecule has 2 N–H and O–H groups in total. The van der Waals surface area contributed by atoms with Gasteiger partial charge in [-0.25, -0.2) is 9.18 Å². The molecule has 0 aromatic heterocycles. The highest BCUT2D eigenvalue weighted by Gasteiger charge is 2.50. The van der Waals surface area contributed by atoms with E-state index in [4.69, 9.17) is 9.47 Å². The molecule has 3 aliphatic heterocycles. The number of carbonyl (C=O) groups is 5. The van der Waals surface area contributed by atoms with Crippen LogP contribution in [-0.2, 0) is 60.1 Å². The normalized spacial score (nSPS) is 17.6. The molecular formula is C75H90Cl3F7N8O8. The molecule has 1 spiro atoms. The van der Waals surface area contributed by atoms with Crippen LogP contribution in [-0.4, -0.2) is 183 Å². The number of alkyl halides is 6. The molecule has 0 unspecified atom stereocenters. The van der Waals surface area contributed by atoms with Gasteiger partial charge in [0.2, 0.25) is 17.7 Å². The summed E-state index contributed by atoms with van der Waals surface area (Å²) in [6.45, 7) is 5.28. The van der Waals surface area contributed by atoms with E-state index in [1.165, 1.54) is 29.2 Å². The molecular weight excluding hydrogens is 1380 g/mol. The third-order valence-electron chi connectivity index (χ3n) is 20.1. The average molecular weight is 1470 g/mol. The minimum absolute atomic E-state index is 0. The summed E-state index contributed by atoms with van der Waals surface area (Å²) < 4.78 is 110. The summed E-state index contributed by atoms with van der Waals surface area (Å²) in [6, 6.07) is 39.5. The van der Waals surface area contributed by atoms with Crippen LogP contribution in [0.1, 0.15) is 108 Å². The Hall–Kier alpha value is -7.51. The summed E-state index contributed by atoms with van der Waals surface area (Å²) in [4.78, 5) is 78.6. The van der Waals surface area contributed by atoms with Crippen molar-refractivity contribution in [3.05, 3.63) is 190 Å². The van der Waals surface area contributed by atoms with Crippen LogP contribution in [0.25, 0.3) is 11.1 Å². The molecule has 16 nitrogen and oxygen atoms in total. The number of rotatable bonds is 27. The number of carboxylic acid groups (broad SMARTS) is 1. The Morgan fingerprint density at radius 2 is 1.26 bits per heavy atom. The molecule has 26 heteroatoms. The van der Waals surface area contributed by atoms with Crippen molar-refractivity contribution < 1.29 is 69.3 Å². The van der Waals surface area contributed by atoms with Crippen LogP contribution in [0.4, 0.5) is 46.9 Å². The molecule has 2 atom stereocenters. The molecule has 1 aliphatic carbocycles. The predicted octanol–water partition coefficient (Wildman–Crippen LogP) is 14.1. The molecule has 4 aliphatic rings. The number of nitrogens with one attached hydrogen (secondary N) is 1. The van der Waals surface area contributed by atoms with Gasteiger partial charge in [-0.2, -0.15) is 26.3 Å². The molecule has 3 fully saturated rings. The maximum absolute atomic E-state index is 14.2. The van der Waals surface area contributed by atoms with E-state index < -0.39 is 64.6 Å². The van der Waals surface area contributed by atoms with Crippen LogP contribution in [0, 0.1) is 5.82 Å². The van der Waals surface area contributed by atoms with Crippen molar-refractivity contribution in [1.29, 1.82) is 0 Å². The summed E-state index contributed by atoms with van der Waals surface area (Å²) in [7, 11) is 5.33. The van der Waals surface area contributed by atoms with Crippen LogP contribution in [0.15, 0.2) is 146 Å². The lowest BCUT2D eigenvalue weighted by atomic mass is 9.72. The highest BCUT2D eigenvalue weighted by molar-refractivity contribution is 5.95. The van der Waals surface area contributed by atoms with Crippen LogP contribution in [0.3, 0.4) is 0 Å². The third-order valence-corrected chi connectivity index (χ3v) is 20.1. The number of piperidine rings is 2. The van der Waals surface area contributed by atoms with E-state index >= 15 is 0 Å². The summed E-state index contributed by atoms with van der Waals surface area (Å²) >= 11 is 0.